The zero-order valence-corrected chi connectivity index (χ0v) is 15.6. The maximum atomic E-state index is 12.6. The number of nitrogens with zero attached hydrogens (tertiary/aromatic N) is 2. The number of carbonyl (C=O) groups is 1. The largest absolute Gasteiger partial charge is 0.477 e. The lowest BCUT2D eigenvalue weighted by Gasteiger charge is -2.40. The molecule has 0 spiro atoms. The Bertz CT molecular complexity index is 695. The second-order valence-electron chi connectivity index (χ2n) is 7.21. The van der Waals surface area contributed by atoms with Crippen LogP contribution in [0.4, 0.5) is 0 Å². The number of carboxylic acid groups (broad SMARTS) is 1. The lowest BCUT2D eigenvalue weighted by molar-refractivity contribution is 0.0685. The van der Waals surface area contributed by atoms with Crippen molar-refractivity contribution in [1.82, 2.24) is 14.2 Å². The van der Waals surface area contributed by atoms with E-state index in [9.17, 15) is 13.2 Å². The summed E-state index contributed by atoms with van der Waals surface area (Å²) < 4.78 is 29.3. The van der Waals surface area contributed by atoms with Gasteiger partial charge < -0.3 is 9.67 Å². The van der Waals surface area contributed by atoms with Crippen LogP contribution in [-0.4, -0.2) is 53.6 Å². The molecule has 0 aliphatic carbocycles. The van der Waals surface area contributed by atoms with Crippen molar-refractivity contribution in [2.75, 3.05) is 13.1 Å². The Morgan fingerprint density at radius 3 is 2.33 bits per heavy atom. The third kappa shape index (κ3) is 4.17. The second kappa shape index (κ2) is 6.85. The van der Waals surface area contributed by atoms with E-state index in [2.05, 4.69) is 30.4 Å². The number of rotatable bonds is 5. The van der Waals surface area contributed by atoms with Crippen molar-refractivity contribution in [2.45, 2.75) is 63.6 Å². The normalized spacial score (nSPS) is 18.0. The smallest absolute Gasteiger partial charge is 0.352 e. The minimum atomic E-state index is -3.71. The zero-order valence-electron chi connectivity index (χ0n) is 14.7. The Hall–Kier alpha value is -1.38. The second-order valence-corrected chi connectivity index (χ2v) is 8.92. The third-order valence-corrected chi connectivity index (χ3v) is 5.99. The van der Waals surface area contributed by atoms with Gasteiger partial charge in [0.15, 0.2) is 0 Å². The van der Waals surface area contributed by atoms with Crippen molar-refractivity contribution in [3.05, 3.63) is 18.0 Å². The first kappa shape index (κ1) is 19.0. The molecule has 1 fully saturated rings. The van der Waals surface area contributed by atoms with E-state index in [-0.39, 0.29) is 22.2 Å². The number of aromatic carboxylic acids is 1. The molecule has 1 aromatic heterocycles. The molecule has 0 radical (unpaired) electrons. The van der Waals surface area contributed by atoms with Crippen molar-refractivity contribution < 1.29 is 18.3 Å². The van der Waals surface area contributed by atoms with Crippen molar-refractivity contribution in [1.29, 1.82) is 0 Å². The standard InChI is InChI=1S/C16H27N3O4S/c1-5-18-11-13(10-14(18)15(20)21)24(22,23)17-12-6-8-19(9-7-12)16(2,3)4/h10-12,17H,5-9H2,1-4H3,(H,20,21). The molecule has 0 bridgehead atoms. The highest BCUT2D eigenvalue weighted by Crippen LogP contribution is 2.22. The van der Waals surface area contributed by atoms with E-state index in [0.717, 1.165) is 25.9 Å². The Morgan fingerprint density at radius 2 is 1.92 bits per heavy atom. The molecule has 0 saturated carbocycles. The van der Waals surface area contributed by atoms with Crippen LogP contribution in [0.5, 0.6) is 0 Å². The fourth-order valence-corrected chi connectivity index (χ4v) is 4.37. The van der Waals surface area contributed by atoms with Gasteiger partial charge in [0.1, 0.15) is 10.6 Å². The van der Waals surface area contributed by atoms with E-state index in [1.54, 1.807) is 6.92 Å². The average Bonchev–Trinajstić information content (AvgIpc) is 2.91. The SMILES string of the molecule is CCn1cc(S(=O)(=O)NC2CCN(C(C)(C)C)CC2)cc1C(=O)O. The minimum Gasteiger partial charge on any atom is -0.477 e. The first-order chi connectivity index (χ1) is 11.0. The van der Waals surface area contributed by atoms with Gasteiger partial charge in [0.05, 0.1) is 0 Å². The molecule has 8 heteroatoms. The number of hydrogen-bond donors (Lipinski definition) is 2. The highest BCUT2D eigenvalue weighted by molar-refractivity contribution is 7.89. The quantitative estimate of drug-likeness (QED) is 0.838. The topological polar surface area (TPSA) is 91.6 Å². The van der Waals surface area contributed by atoms with Crippen molar-refractivity contribution in [2.24, 2.45) is 0 Å². The highest BCUT2D eigenvalue weighted by Gasteiger charge is 2.30. The molecule has 0 unspecified atom stereocenters. The van der Waals surface area contributed by atoms with E-state index < -0.39 is 16.0 Å². The predicted octanol–water partition coefficient (Wildman–Crippen LogP) is 1.75. The van der Waals surface area contributed by atoms with E-state index in [4.69, 9.17) is 5.11 Å². The molecule has 136 valence electrons. The Kier molecular flexibility index (Phi) is 5.41. The van der Waals surface area contributed by atoms with Crippen molar-refractivity contribution in [3.63, 3.8) is 0 Å². The Balaban J connectivity index is 2.09. The predicted molar refractivity (Wildman–Crippen MR) is 91.7 cm³/mol. The first-order valence-electron chi connectivity index (χ1n) is 8.25. The molecule has 7 nitrogen and oxygen atoms in total. The first-order valence-corrected chi connectivity index (χ1v) is 9.73. The summed E-state index contributed by atoms with van der Waals surface area (Å²) in [5.74, 6) is -1.13. The number of nitrogens with one attached hydrogen (secondary N) is 1. The van der Waals surface area contributed by atoms with E-state index in [0.29, 0.717) is 6.54 Å². The van der Waals surface area contributed by atoms with Gasteiger partial charge in [0.2, 0.25) is 10.0 Å². The van der Waals surface area contributed by atoms with E-state index in [1.165, 1.54) is 16.8 Å². The van der Waals surface area contributed by atoms with Gasteiger partial charge in [-0.1, -0.05) is 0 Å². The summed E-state index contributed by atoms with van der Waals surface area (Å²) in [6.45, 7) is 10.3. The number of hydrogen-bond acceptors (Lipinski definition) is 4. The van der Waals surface area contributed by atoms with Gasteiger partial charge in [-0.2, -0.15) is 0 Å². The average molecular weight is 357 g/mol. The monoisotopic (exact) mass is 357 g/mol. The summed E-state index contributed by atoms with van der Waals surface area (Å²) in [5, 5.41) is 9.16. The van der Waals surface area contributed by atoms with Gasteiger partial charge in [-0.15, -0.1) is 0 Å². The third-order valence-electron chi connectivity index (χ3n) is 4.51. The summed E-state index contributed by atoms with van der Waals surface area (Å²) in [6.07, 6.45) is 2.88. The molecule has 0 aromatic carbocycles. The molecule has 0 atom stereocenters. The van der Waals surface area contributed by atoms with Crippen LogP contribution in [0.2, 0.25) is 0 Å². The number of piperidine rings is 1. The van der Waals surface area contributed by atoms with Crippen LogP contribution in [0.3, 0.4) is 0 Å². The molecule has 1 saturated heterocycles. The summed E-state index contributed by atoms with van der Waals surface area (Å²) >= 11 is 0. The van der Waals surface area contributed by atoms with Gasteiger partial charge in [0, 0.05) is 37.4 Å². The molecule has 1 aliphatic rings. The van der Waals surface area contributed by atoms with Crippen LogP contribution in [0.25, 0.3) is 0 Å². The lowest BCUT2D eigenvalue weighted by Crippen LogP contribution is -2.50. The highest BCUT2D eigenvalue weighted by atomic mass is 32.2. The maximum Gasteiger partial charge on any atom is 0.352 e. The Labute approximate surface area is 143 Å². The summed E-state index contributed by atoms with van der Waals surface area (Å²) in [6, 6.07) is 1.10. The molecular formula is C16H27N3O4S. The van der Waals surface area contributed by atoms with Gasteiger partial charge in [-0.25, -0.2) is 17.9 Å². The molecule has 2 heterocycles. The number of aromatic nitrogens is 1. The fourth-order valence-electron chi connectivity index (χ4n) is 3.03. The fraction of sp³-hybridized carbons (Fsp3) is 0.688. The number of sulfonamides is 1. The van der Waals surface area contributed by atoms with Crippen molar-refractivity contribution in [3.8, 4) is 0 Å². The number of aryl methyl sites for hydroxylation is 1. The molecule has 1 aliphatic heterocycles. The molecular weight excluding hydrogens is 330 g/mol. The van der Waals surface area contributed by atoms with E-state index in [1.807, 2.05) is 0 Å². The molecule has 0 amide bonds. The molecule has 1 aromatic rings. The van der Waals surface area contributed by atoms with Crippen LogP contribution in [0.15, 0.2) is 17.2 Å². The van der Waals surface area contributed by atoms with Gasteiger partial charge in [0.25, 0.3) is 0 Å². The number of likely N-dealkylation sites (tertiary alicyclic amines) is 1. The van der Waals surface area contributed by atoms with Crippen LogP contribution in [0.1, 0.15) is 51.0 Å². The van der Waals surface area contributed by atoms with Gasteiger partial charge in [-0.3, -0.25) is 4.90 Å². The van der Waals surface area contributed by atoms with Crippen LogP contribution >= 0.6 is 0 Å². The molecule has 24 heavy (non-hydrogen) atoms. The van der Waals surface area contributed by atoms with Gasteiger partial charge in [-0.05, 0) is 46.6 Å². The van der Waals surface area contributed by atoms with E-state index >= 15 is 0 Å². The summed E-state index contributed by atoms with van der Waals surface area (Å²) in [4.78, 5) is 13.6. The summed E-state index contributed by atoms with van der Waals surface area (Å²) in [5.41, 5.74) is 0.0684. The minimum absolute atomic E-state index is 0.0135. The van der Waals surface area contributed by atoms with Crippen molar-refractivity contribution >= 4 is 16.0 Å². The van der Waals surface area contributed by atoms with Crippen LogP contribution in [-0.2, 0) is 16.6 Å². The van der Waals surface area contributed by atoms with Crippen LogP contribution in [0, 0.1) is 0 Å². The summed E-state index contributed by atoms with van der Waals surface area (Å²) in [7, 11) is -3.71. The maximum absolute atomic E-state index is 12.6. The lowest BCUT2D eigenvalue weighted by atomic mass is 9.99. The Morgan fingerprint density at radius 1 is 1.33 bits per heavy atom. The molecule has 2 rings (SSSR count). The van der Waals surface area contributed by atoms with Crippen LogP contribution < -0.4 is 4.72 Å². The van der Waals surface area contributed by atoms with Gasteiger partial charge >= 0.3 is 5.97 Å². The number of carboxylic acids is 1. The molecule has 2 N–H and O–H groups in total. The zero-order chi connectivity index (χ0) is 18.1.